The van der Waals surface area contributed by atoms with Crippen molar-refractivity contribution in [2.45, 2.75) is 32.4 Å². The van der Waals surface area contributed by atoms with Gasteiger partial charge in [0.2, 0.25) is 0 Å². The van der Waals surface area contributed by atoms with E-state index in [0.29, 0.717) is 36.0 Å². The number of carboxylic acid groups (broad SMARTS) is 1. The van der Waals surface area contributed by atoms with Crippen LogP contribution >= 0.6 is 0 Å². The predicted molar refractivity (Wildman–Crippen MR) is 125 cm³/mol. The van der Waals surface area contributed by atoms with Crippen LogP contribution in [0.1, 0.15) is 36.5 Å². The van der Waals surface area contributed by atoms with E-state index >= 15 is 0 Å². The predicted octanol–water partition coefficient (Wildman–Crippen LogP) is 4.75. The Kier molecular flexibility index (Phi) is 8.55. The lowest BCUT2D eigenvalue weighted by molar-refractivity contribution is -0.138. The van der Waals surface area contributed by atoms with Crippen LogP contribution in [0.3, 0.4) is 0 Å². The van der Waals surface area contributed by atoms with Gasteiger partial charge in [-0.2, -0.15) is 13.2 Å². The van der Waals surface area contributed by atoms with E-state index < -0.39 is 17.7 Å². The molecule has 3 rings (SSSR count). The lowest BCUT2D eigenvalue weighted by Gasteiger charge is -2.37. The van der Waals surface area contributed by atoms with E-state index in [4.69, 9.17) is 10.3 Å². The summed E-state index contributed by atoms with van der Waals surface area (Å²) in [4.78, 5) is 15.1. The quantitative estimate of drug-likeness (QED) is 0.310. The zero-order chi connectivity index (χ0) is 24.7. The summed E-state index contributed by atoms with van der Waals surface area (Å²) >= 11 is 0. The normalized spacial score (nSPS) is 16.5. The smallest absolute Gasteiger partial charge is 0.416 e. The summed E-state index contributed by atoms with van der Waals surface area (Å²) < 4.78 is 39.0. The molecule has 1 fully saturated rings. The molecule has 0 amide bonds. The number of nitrogens with zero attached hydrogens (tertiary/aromatic N) is 3. The molecule has 0 radical (unpaired) electrons. The molecule has 1 saturated heterocycles. The van der Waals surface area contributed by atoms with Gasteiger partial charge in [-0.15, -0.1) is 0 Å². The summed E-state index contributed by atoms with van der Waals surface area (Å²) in [6.07, 6.45) is -3.42. The molecule has 0 aromatic heterocycles. The highest BCUT2D eigenvalue weighted by Crippen LogP contribution is 2.32. The van der Waals surface area contributed by atoms with Crippen molar-refractivity contribution in [3.05, 3.63) is 65.2 Å². The van der Waals surface area contributed by atoms with Crippen LogP contribution in [-0.2, 0) is 17.4 Å². The minimum absolute atomic E-state index is 0.0980. The number of hydrogen-bond acceptors (Lipinski definition) is 5. The Morgan fingerprint density at radius 3 is 2.32 bits per heavy atom. The number of hydrogen-bond donors (Lipinski definition) is 2. The molecule has 1 unspecified atom stereocenters. The van der Waals surface area contributed by atoms with Gasteiger partial charge >= 0.3 is 12.1 Å². The van der Waals surface area contributed by atoms with Crippen molar-refractivity contribution in [1.82, 2.24) is 4.90 Å². The molecule has 9 heteroatoms. The molecule has 6 nitrogen and oxygen atoms in total. The Morgan fingerprint density at radius 1 is 1.06 bits per heavy atom. The van der Waals surface area contributed by atoms with E-state index in [2.05, 4.69) is 17.0 Å². The largest absolute Gasteiger partial charge is 0.481 e. The molecular weight excluding hydrogens is 447 g/mol. The molecule has 1 atom stereocenters. The molecule has 2 N–H and O–H groups in total. The first-order valence-corrected chi connectivity index (χ1v) is 11.3. The van der Waals surface area contributed by atoms with E-state index in [1.807, 2.05) is 29.2 Å². The van der Waals surface area contributed by atoms with Crippen LogP contribution in [0.5, 0.6) is 0 Å². The van der Waals surface area contributed by atoms with Gasteiger partial charge in [0.1, 0.15) is 0 Å². The SMILES string of the molecule is CC(Cc1ccc(/C(CCC(=O)O)=N\O)cc1)CN1CCN(c2cccc(C(F)(F)F)c2)CC1. The Morgan fingerprint density at radius 2 is 1.74 bits per heavy atom. The van der Waals surface area contributed by atoms with Gasteiger partial charge in [-0.3, -0.25) is 9.69 Å². The second kappa shape index (κ2) is 11.4. The van der Waals surface area contributed by atoms with Crippen LogP contribution < -0.4 is 4.90 Å². The zero-order valence-corrected chi connectivity index (χ0v) is 19.1. The molecule has 2 aromatic carbocycles. The highest BCUT2D eigenvalue weighted by Gasteiger charge is 2.31. The molecule has 1 aliphatic heterocycles. The van der Waals surface area contributed by atoms with Gasteiger partial charge in [0.25, 0.3) is 0 Å². The fraction of sp³-hybridized carbons (Fsp3) is 0.440. The van der Waals surface area contributed by atoms with Gasteiger partial charge in [0.05, 0.1) is 17.7 Å². The summed E-state index contributed by atoms with van der Waals surface area (Å²) in [7, 11) is 0. The maximum atomic E-state index is 13.0. The van der Waals surface area contributed by atoms with Gasteiger partial charge in [-0.05, 0) is 41.7 Å². The molecular formula is C25H30F3N3O3. The molecule has 1 heterocycles. The van der Waals surface area contributed by atoms with E-state index in [0.717, 1.165) is 37.7 Å². The number of halogens is 3. The second-order valence-corrected chi connectivity index (χ2v) is 8.78. The first-order valence-electron chi connectivity index (χ1n) is 11.3. The van der Waals surface area contributed by atoms with Gasteiger partial charge in [0.15, 0.2) is 0 Å². The Bertz CT molecular complexity index is 985. The van der Waals surface area contributed by atoms with Crippen molar-refractivity contribution in [3.63, 3.8) is 0 Å². The number of aliphatic carboxylic acids is 1. The summed E-state index contributed by atoms with van der Waals surface area (Å²) in [5.41, 5.74) is 2.17. The molecule has 34 heavy (non-hydrogen) atoms. The Balaban J connectivity index is 1.48. The lowest BCUT2D eigenvalue weighted by atomic mass is 9.97. The first kappa shape index (κ1) is 25.6. The number of alkyl halides is 3. The van der Waals surface area contributed by atoms with Crippen LogP contribution in [-0.4, -0.2) is 59.6 Å². The fourth-order valence-electron chi connectivity index (χ4n) is 4.29. The molecule has 0 spiro atoms. The monoisotopic (exact) mass is 477 g/mol. The van der Waals surface area contributed by atoms with E-state index in [9.17, 15) is 18.0 Å². The standard InChI is InChI=1S/C25H30F3N3O3/c1-18(15-19-5-7-20(8-6-19)23(29-34)9-10-24(32)33)17-30-11-13-31(14-12-30)22-4-2-3-21(16-22)25(26,27)28/h2-8,16,18,34H,9-15,17H2,1H3,(H,32,33)/b29-23-. The third kappa shape index (κ3) is 7.21. The first-order chi connectivity index (χ1) is 16.2. The average molecular weight is 478 g/mol. The zero-order valence-electron chi connectivity index (χ0n) is 19.1. The van der Waals surface area contributed by atoms with Gasteiger partial charge in [-0.1, -0.05) is 42.4 Å². The summed E-state index contributed by atoms with van der Waals surface area (Å²) in [5, 5.41) is 21.2. The molecule has 184 valence electrons. The van der Waals surface area contributed by atoms with Crippen LogP contribution in [0, 0.1) is 5.92 Å². The summed E-state index contributed by atoms with van der Waals surface area (Å²) in [6.45, 7) is 6.00. The molecule has 0 saturated carbocycles. The average Bonchev–Trinajstić information content (AvgIpc) is 2.80. The minimum atomic E-state index is -4.34. The van der Waals surface area contributed by atoms with Gasteiger partial charge in [-0.25, -0.2) is 0 Å². The number of piperazine rings is 1. The number of carbonyl (C=O) groups is 1. The third-order valence-electron chi connectivity index (χ3n) is 6.05. The van der Waals surface area contributed by atoms with Crippen LogP contribution in [0.25, 0.3) is 0 Å². The minimum Gasteiger partial charge on any atom is -0.481 e. The highest BCUT2D eigenvalue weighted by atomic mass is 19.4. The molecule has 0 bridgehead atoms. The number of oxime groups is 1. The number of benzene rings is 2. The number of carboxylic acids is 1. The molecule has 1 aliphatic rings. The van der Waals surface area contributed by atoms with Crippen LogP contribution in [0.2, 0.25) is 0 Å². The van der Waals surface area contributed by atoms with Crippen molar-refractivity contribution < 1.29 is 28.3 Å². The Hall–Kier alpha value is -3.07. The maximum absolute atomic E-state index is 13.0. The van der Waals surface area contributed by atoms with Crippen LogP contribution in [0.15, 0.2) is 53.7 Å². The molecule has 0 aliphatic carbocycles. The topological polar surface area (TPSA) is 76.4 Å². The van der Waals surface area contributed by atoms with Crippen molar-refractivity contribution in [2.75, 3.05) is 37.6 Å². The van der Waals surface area contributed by atoms with E-state index in [1.54, 1.807) is 6.07 Å². The van der Waals surface area contributed by atoms with E-state index in [1.165, 1.54) is 12.1 Å². The second-order valence-electron chi connectivity index (χ2n) is 8.78. The number of anilines is 1. The fourth-order valence-corrected chi connectivity index (χ4v) is 4.29. The van der Waals surface area contributed by atoms with Crippen LogP contribution in [0.4, 0.5) is 18.9 Å². The van der Waals surface area contributed by atoms with Gasteiger partial charge < -0.3 is 15.2 Å². The van der Waals surface area contributed by atoms with Gasteiger partial charge in [0, 0.05) is 44.8 Å². The maximum Gasteiger partial charge on any atom is 0.416 e. The Labute approximate surface area is 197 Å². The summed E-state index contributed by atoms with van der Waals surface area (Å²) in [6, 6.07) is 13.1. The number of rotatable bonds is 9. The van der Waals surface area contributed by atoms with Crippen molar-refractivity contribution in [2.24, 2.45) is 11.1 Å². The van der Waals surface area contributed by atoms with Crippen molar-refractivity contribution in [1.29, 1.82) is 0 Å². The third-order valence-corrected chi connectivity index (χ3v) is 6.05. The van der Waals surface area contributed by atoms with Crippen molar-refractivity contribution in [3.8, 4) is 0 Å². The highest BCUT2D eigenvalue weighted by molar-refractivity contribution is 6.01. The van der Waals surface area contributed by atoms with E-state index in [-0.39, 0.29) is 12.8 Å². The lowest BCUT2D eigenvalue weighted by Crippen LogP contribution is -2.47. The van der Waals surface area contributed by atoms with Crippen molar-refractivity contribution >= 4 is 17.4 Å². The molecule has 2 aromatic rings. The summed E-state index contributed by atoms with van der Waals surface area (Å²) in [5.74, 6) is -0.564.